The second-order valence-corrected chi connectivity index (χ2v) is 5.13. The lowest BCUT2D eigenvalue weighted by Gasteiger charge is -2.36. The average Bonchev–Trinajstić information content (AvgIpc) is 2.15. The zero-order valence-corrected chi connectivity index (χ0v) is 9.60. The number of anilines is 1. The van der Waals surface area contributed by atoms with Gasteiger partial charge in [-0.05, 0) is 5.41 Å². The normalized spacial score (nSPS) is 19.7. The zero-order valence-electron chi connectivity index (χ0n) is 9.60. The lowest BCUT2D eigenvalue weighted by atomic mass is 9.86. The molecule has 0 radical (unpaired) electrons. The van der Waals surface area contributed by atoms with Crippen LogP contribution in [-0.4, -0.2) is 12.6 Å². The Bertz CT molecular complexity index is 412. The maximum atomic E-state index is 13.5. The molecule has 16 heavy (non-hydrogen) atoms. The molecule has 0 aromatic heterocycles. The van der Waals surface area contributed by atoms with Crippen molar-refractivity contribution < 1.29 is 13.5 Å². The molecule has 1 unspecified atom stereocenters. The molecule has 0 bridgehead atoms. The number of rotatable bonds is 0. The highest BCUT2D eigenvalue weighted by Crippen LogP contribution is 2.36. The highest BCUT2D eigenvalue weighted by Gasteiger charge is 2.31. The smallest absolute Gasteiger partial charge is 0.153 e. The van der Waals surface area contributed by atoms with Gasteiger partial charge in [-0.3, -0.25) is 0 Å². The van der Waals surface area contributed by atoms with E-state index in [0.717, 1.165) is 6.07 Å². The summed E-state index contributed by atoms with van der Waals surface area (Å²) in [6, 6.07) is 2.07. The number of hydrogen-bond acceptors (Lipinski definition) is 2. The van der Waals surface area contributed by atoms with Crippen molar-refractivity contribution in [2.75, 3.05) is 11.9 Å². The Hall–Kier alpha value is -1.32. The van der Waals surface area contributed by atoms with Crippen molar-refractivity contribution in [2.45, 2.75) is 26.8 Å². The van der Waals surface area contributed by atoms with E-state index < -0.39 is 11.6 Å². The largest absolute Gasteiger partial charge is 0.489 e. The molecule has 1 aromatic carbocycles. The fraction of sp³-hybridized carbons (Fsp3) is 0.500. The van der Waals surface area contributed by atoms with E-state index in [-0.39, 0.29) is 22.9 Å². The Kier molecular flexibility index (Phi) is 2.52. The van der Waals surface area contributed by atoms with E-state index in [1.165, 1.54) is 6.07 Å². The quantitative estimate of drug-likeness (QED) is 0.735. The second kappa shape index (κ2) is 3.61. The zero-order chi connectivity index (χ0) is 11.9. The van der Waals surface area contributed by atoms with Gasteiger partial charge in [-0.2, -0.15) is 0 Å². The van der Waals surface area contributed by atoms with Crippen LogP contribution >= 0.6 is 0 Å². The van der Waals surface area contributed by atoms with Gasteiger partial charge < -0.3 is 10.1 Å². The van der Waals surface area contributed by atoms with Gasteiger partial charge in [0.25, 0.3) is 0 Å². The van der Waals surface area contributed by atoms with Crippen molar-refractivity contribution in [3.05, 3.63) is 23.8 Å². The Balaban J connectivity index is 2.34. The molecular weight excluding hydrogens is 212 g/mol. The van der Waals surface area contributed by atoms with Crippen LogP contribution in [0.1, 0.15) is 20.8 Å². The summed E-state index contributed by atoms with van der Waals surface area (Å²) in [7, 11) is 0. The lowest BCUT2D eigenvalue weighted by Crippen LogP contribution is -2.42. The lowest BCUT2D eigenvalue weighted by molar-refractivity contribution is 0.205. The third-order valence-corrected chi connectivity index (χ3v) is 2.79. The number of halogens is 2. The van der Waals surface area contributed by atoms with Crippen LogP contribution in [0.3, 0.4) is 0 Å². The molecule has 0 fully saturated rings. The van der Waals surface area contributed by atoms with Gasteiger partial charge in [-0.25, -0.2) is 8.78 Å². The number of ether oxygens (including phenoxy) is 1. The van der Waals surface area contributed by atoms with Crippen LogP contribution in [0.2, 0.25) is 0 Å². The van der Waals surface area contributed by atoms with E-state index in [2.05, 4.69) is 5.32 Å². The van der Waals surface area contributed by atoms with Gasteiger partial charge in [0.1, 0.15) is 23.9 Å². The van der Waals surface area contributed by atoms with E-state index in [9.17, 15) is 8.78 Å². The van der Waals surface area contributed by atoms with Crippen LogP contribution in [0, 0.1) is 17.0 Å². The van der Waals surface area contributed by atoms with Gasteiger partial charge in [0.2, 0.25) is 0 Å². The monoisotopic (exact) mass is 227 g/mol. The van der Waals surface area contributed by atoms with E-state index in [1.807, 2.05) is 20.8 Å². The molecule has 1 heterocycles. The first-order valence-corrected chi connectivity index (χ1v) is 5.26. The second-order valence-electron chi connectivity index (χ2n) is 5.13. The van der Waals surface area contributed by atoms with Crippen molar-refractivity contribution in [2.24, 2.45) is 5.41 Å². The SMILES string of the molecule is CC(C)(C)C1COc2cc(F)cc(F)c2N1. The Morgan fingerprint density at radius 3 is 2.62 bits per heavy atom. The van der Waals surface area contributed by atoms with E-state index in [0.29, 0.717) is 6.61 Å². The Labute approximate surface area is 93.6 Å². The molecule has 0 saturated heterocycles. The van der Waals surface area contributed by atoms with Crippen molar-refractivity contribution in [3.63, 3.8) is 0 Å². The first-order chi connectivity index (χ1) is 7.38. The number of hydrogen-bond donors (Lipinski definition) is 1. The van der Waals surface area contributed by atoms with Gasteiger partial charge in [0.05, 0.1) is 6.04 Å². The molecule has 2 nitrogen and oxygen atoms in total. The molecule has 1 N–H and O–H groups in total. The highest BCUT2D eigenvalue weighted by atomic mass is 19.1. The van der Waals surface area contributed by atoms with Crippen LogP contribution in [-0.2, 0) is 0 Å². The van der Waals surface area contributed by atoms with Gasteiger partial charge in [0.15, 0.2) is 5.82 Å². The third-order valence-electron chi connectivity index (χ3n) is 2.79. The molecule has 1 aliphatic rings. The van der Waals surface area contributed by atoms with Crippen LogP contribution in [0.5, 0.6) is 5.75 Å². The summed E-state index contributed by atoms with van der Waals surface area (Å²) in [6.45, 7) is 6.54. The van der Waals surface area contributed by atoms with Crippen LogP contribution in [0.4, 0.5) is 14.5 Å². The number of benzene rings is 1. The summed E-state index contributed by atoms with van der Waals surface area (Å²) in [5, 5.41) is 3.07. The van der Waals surface area contributed by atoms with Crippen molar-refractivity contribution in [3.8, 4) is 5.75 Å². The predicted molar refractivity (Wildman–Crippen MR) is 58.7 cm³/mol. The highest BCUT2D eigenvalue weighted by molar-refractivity contribution is 5.59. The standard InChI is InChI=1S/C12H15F2NO/c1-12(2,3)10-6-16-9-5-7(13)4-8(14)11(9)15-10/h4-5,10,15H,6H2,1-3H3. The van der Waals surface area contributed by atoms with Crippen LogP contribution in [0.15, 0.2) is 12.1 Å². The maximum Gasteiger partial charge on any atom is 0.153 e. The summed E-state index contributed by atoms with van der Waals surface area (Å²) in [4.78, 5) is 0. The third kappa shape index (κ3) is 1.96. The number of nitrogens with one attached hydrogen (secondary N) is 1. The molecule has 4 heteroatoms. The Morgan fingerprint density at radius 2 is 2.00 bits per heavy atom. The van der Waals surface area contributed by atoms with Crippen molar-refractivity contribution >= 4 is 5.69 Å². The molecule has 2 rings (SSSR count). The van der Waals surface area contributed by atoms with Crippen molar-refractivity contribution in [1.82, 2.24) is 0 Å². The molecular formula is C12H15F2NO. The summed E-state index contributed by atoms with van der Waals surface area (Å²) < 4.78 is 31.8. The van der Waals surface area contributed by atoms with Gasteiger partial charge >= 0.3 is 0 Å². The molecule has 1 aliphatic heterocycles. The van der Waals surface area contributed by atoms with Gasteiger partial charge in [-0.1, -0.05) is 20.8 Å². The molecule has 0 spiro atoms. The fourth-order valence-electron chi connectivity index (χ4n) is 1.66. The number of fused-ring (bicyclic) bond motifs is 1. The van der Waals surface area contributed by atoms with Crippen LogP contribution < -0.4 is 10.1 Å². The fourth-order valence-corrected chi connectivity index (χ4v) is 1.66. The first-order valence-electron chi connectivity index (χ1n) is 5.26. The minimum absolute atomic E-state index is 0.0139. The van der Waals surface area contributed by atoms with E-state index in [4.69, 9.17) is 4.74 Å². The van der Waals surface area contributed by atoms with Crippen LogP contribution in [0.25, 0.3) is 0 Å². The summed E-state index contributed by atoms with van der Waals surface area (Å²) in [6.07, 6.45) is 0. The minimum Gasteiger partial charge on any atom is -0.489 e. The molecule has 1 aromatic rings. The first kappa shape index (κ1) is 11.2. The maximum absolute atomic E-state index is 13.5. The molecule has 1 atom stereocenters. The predicted octanol–water partition coefficient (Wildman–Crippen LogP) is 3.18. The molecule has 0 saturated carbocycles. The Morgan fingerprint density at radius 1 is 1.31 bits per heavy atom. The van der Waals surface area contributed by atoms with E-state index in [1.54, 1.807) is 0 Å². The van der Waals surface area contributed by atoms with Gasteiger partial charge in [-0.15, -0.1) is 0 Å². The molecule has 0 amide bonds. The molecule has 88 valence electrons. The summed E-state index contributed by atoms with van der Waals surface area (Å²) in [5.74, 6) is -0.978. The van der Waals surface area contributed by atoms with E-state index >= 15 is 0 Å². The van der Waals surface area contributed by atoms with Crippen molar-refractivity contribution in [1.29, 1.82) is 0 Å². The molecule has 0 aliphatic carbocycles. The summed E-state index contributed by atoms with van der Waals surface area (Å²) in [5.41, 5.74) is 0.214. The minimum atomic E-state index is -0.618. The van der Waals surface area contributed by atoms with Gasteiger partial charge in [0, 0.05) is 12.1 Å². The topological polar surface area (TPSA) is 21.3 Å². The average molecular weight is 227 g/mol. The summed E-state index contributed by atoms with van der Waals surface area (Å²) >= 11 is 0.